The molecule has 4 rings (SSSR count). The minimum atomic E-state index is -0.140. The molecule has 2 aliphatic rings. The highest BCUT2D eigenvalue weighted by atomic mass is 16.5. The molecule has 1 fully saturated rings. The average molecular weight is 437 g/mol. The van der Waals surface area contributed by atoms with Crippen LogP contribution in [0.4, 0.5) is 11.4 Å². The van der Waals surface area contributed by atoms with E-state index in [0.29, 0.717) is 17.8 Å². The van der Waals surface area contributed by atoms with E-state index >= 15 is 0 Å². The predicted octanol–water partition coefficient (Wildman–Crippen LogP) is 5.65. The van der Waals surface area contributed by atoms with E-state index in [2.05, 4.69) is 61.9 Å². The third-order valence-electron chi connectivity index (χ3n) is 7.19. The van der Waals surface area contributed by atoms with Crippen LogP contribution in [0.3, 0.4) is 0 Å². The van der Waals surface area contributed by atoms with Crippen molar-refractivity contribution in [3.8, 4) is 5.75 Å². The van der Waals surface area contributed by atoms with Crippen molar-refractivity contribution in [1.29, 1.82) is 0 Å². The molecule has 5 heteroatoms. The van der Waals surface area contributed by atoms with E-state index in [-0.39, 0.29) is 24.8 Å². The average Bonchev–Trinajstić information content (AvgIpc) is 3.05. The smallest absolute Gasteiger partial charge is 0.325 e. The molecule has 2 aromatic carbocycles. The molecule has 4 atom stereocenters. The van der Waals surface area contributed by atoms with Gasteiger partial charge >= 0.3 is 5.97 Å². The van der Waals surface area contributed by atoms with Crippen LogP contribution in [-0.4, -0.2) is 32.8 Å². The Kier molecular flexibility index (Phi) is 6.63. The van der Waals surface area contributed by atoms with Gasteiger partial charge in [0.1, 0.15) is 24.6 Å². The fourth-order valence-corrected chi connectivity index (χ4v) is 5.42. The Morgan fingerprint density at radius 2 is 1.75 bits per heavy atom. The van der Waals surface area contributed by atoms with Gasteiger partial charge in [-0.1, -0.05) is 51.5 Å². The zero-order chi connectivity index (χ0) is 22.8. The van der Waals surface area contributed by atoms with Gasteiger partial charge in [0.05, 0.1) is 18.5 Å². The number of nitrogens with zero attached hydrogens (tertiary/aromatic N) is 2. The number of anilines is 2. The lowest BCUT2D eigenvalue weighted by molar-refractivity contribution is -0.154. The van der Waals surface area contributed by atoms with Crippen molar-refractivity contribution in [2.75, 3.05) is 30.5 Å². The van der Waals surface area contributed by atoms with E-state index in [4.69, 9.17) is 9.47 Å². The van der Waals surface area contributed by atoms with E-state index in [1.807, 2.05) is 24.3 Å². The first-order valence-electron chi connectivity index (χ1n) is 11.8. The van der Waals surface area contributed by atoms with Crippen LogP contribution < -0.4 is 14.5 Å². The molecule has 5 nitrogen and oxygen atoms in total. The molecule has 1 saturated carbocycles. The van der Waals surface area contributed by atoms with Crippen molar-refractivity contribution in [3.05, 3.63) is 54.1 Å². The summed E-state index contributed by atoms with van der Waals surface area (Å²) in [7, 11) is 3.75. The molecule has 0 radical (unpaired) electrons. The van der Waals surface area contributed by atoms with Crippen LogP contribution in [0.25, 0.3) is 0 Å². The van der Waals surface area contributed by atoms with Gasteiger partial charge in [-0.2, -0.15) is 0 Å². The maximum absolute atomic E-state index is 13.2. The normalized spacial score (nSPS) is 25.1. The number of fused-ring (bicyclic) bond motifs is 1. The lowest BCUT2D eigenvalue weighted by atomic mass is 9.75. The monoisotopic (exact) mass is 436 g/mol. The summed E-state index contributed by atoms with van der Waals surface area (Å²) in [6, 6.07) is 16.3. The number of para-hydroxylation sites is 2. The second kappa shape index (κ2) is 9.43. The van der Waals surface area contributed by atoms with Crippen molar-refractivity contribution in [1.82, 2.24) is 0 Å². The molecule has 1 heterocycles. The van der Waals surface area contributed by atoms with Crippen LogP contribution in [0.5, 0.6) is 5.75 Å². The summed E-state index contributed by atoms with van der Waals surface area (Å²) in [6.45, 7) is 6.98. The number of ether oxygens (including phenoxy) is 2. The van der Waals surface area contributed by atoms with Gasteiger partial charge in [0.15, 0.2) is 0 Å². The fourth-order valence-electron chi connectivity index (χ4n) is 5.42. The minimum absolute atomic E-state index is 0.0151. The number of esters is 1. The molecular weight excluding hydrogens is 400 g/mol. The molecule has 0 aromatic heterocycles. The molecule has 2 aromatic rings. The van der Waals surface area contributed by atoms with Gasteiger partial charge in [0, 0.05) is 7.05 Å². The van der Waals surface area contributed by atoms with Crippen LogP contribution in [0, 0.1) is 17.8 Å². The highest BCUT2D eigenvalue weighted by Gasteiger charge is 2.38. The Morgan fingerprint density at radius 1 is 1.06 bits per heavy atom. The largest absolute Gasteiger partial charge is 0.497 e. The van der Waals surface area contributed by atoms with Gasteiger partial charge in [0.2, 0.25) is 0 Å². The van der Waals surface area contributed by atoms with Crippen LogP contribution in [0.15, 0.2) is 48.5 Å². The summed E-state index contributed by atoms with van der Waals surface area (Å²) in [5.41, 5.74) is 3.29. The Morgan fingerprint density at radius 3 is 2.41 bits per heavy atom. The molecule has 32 heavy (non-hydrogen) atoms. The Hall–Kier alpha value is -2.69. The van der Waals surface area contributed by atoms with Gasteiger partial charge in [-0.05, 0) is 60.4 Å². The van der Waals surface area contributed by atoms with E-state index in [0.717, 1.165) is 35.5 Å². The number of rotatable bonds is 6. The third kappa shape index (κ3) is 4.43. The number of methoxy groups -OCH3 is 1. The van der Waals surface area contributed by atoms with E-state index in [1.165, 1.54) is 6.42 Å². The number of benzene rings is 2. The van der Waals surface area contributed by atoms with Gasteiger partial charge in [0.25, 0.3) is 0 Å². The molecule has 4 unspecified atom stereocenters. The van der Waals surface area contributed by atoms with E-state index in [1.54, 1.807) is 7.11 Å². The number of carbonyl (C=O) groups excluding carboxylic acids is 1. The minimum Gasteiger partial charge on any atom is -0.497 e. The van der Waals surface area contributed by atoms with Crippen LogP contribution in [0.2, 0.25) is 0 Å². The third-order valence-corrected chi connectivity index (χ3v) is 7.19. The lowest BCUT2D eigenvalue weighted by Gasteiger charge is -2.37. The molecule has 1 aliphatic carbocycles. The highest BCUT2D eigenvalue weighted by Crippen LogP contribution is 2.45. The summed E-state index contributed by atoms with van der Waals surface area (Å²) in [4.78, 5) is 17.6. The SMILES string of the molecule is COc1ccc(C2N(C)c3ccccc3N2CC(=O)OC2CC(C)CCC2C(C)C)cc1. The summed E-state index contributed by atoms with van der Waals surface area (Å²) >= 11 is 0. The summed E-state index contributed by atoms with van der Waals surface area (Å²) in [5, 5.41) is 0. The van der Waals surface area contributed by atoms with Crippen molar-refractivity contribution in [2.24, 2.45) is 17.8 Å². The fraction of sp³-hybridized carbons (Fsp3) is 0.519. The molecule has 1 aliphatic heterocycles. The van der Waals surface area contributed by atoms with Gasteiger partial charge in [-0.3, -0.25) is 4.79 Å². The van der Waals surface area contributed by atoms with Crippen LogP contribution in [0.1, 0.15) is 51.8 Å². The van der Waals surface area contributed by atoms with Crippen molar-refractivity contribution >= 4 is 17.3 Å². The Balaban J connectivity index is 1.56. The summed E-state index contributed by atoms with van der Waals surface area (Å²) in [6.07, 6.45) is 3.27. The van der Waals surface area contributed by atoms with Crippen LogP contribution >= 0.6 is 0 Å². The molecule has 0 amide bonds. The second-order valence-electron chi connectivity index (χ2n) is 9.73. The standard InChI is InChI=1S/C27H36N2O3/c1-18(2)22-15-10-19(3)16-25(22)32-26(30)17-29-24-9-7-6-8-23(24)28(4)27(29)20-11-13-21(31-5)14-12-20/h6-9,11-14,18-19,22,25,27H,10,15-17H2,1-5H3. The molecule has 0 N–H and O–H groups in total. The number of hydrogen-bond acceptors (Lipinski definition) is 5. The van der Waals surface area contributed by atoms with Gasteiger partial charge in [-0.15, -0.1) is 0 Å². The van der Waals surface area contributed by atoms with Crippen molar-refractivity contribution in [3.63, 3.8) is 0 Å². The van der Waals surface area contributed by atoms with E-state index < -0.39 is 0 Å². The first kappa shape index (κ1) is 22.5. The van der Waals surface area contributed by atoms with Crippen molar-refractivity contribution < 1.29 is 14.3 Å². The highest BCUT2D eigenvalue weighted by molar-refractivity contribution is 5.84. The van der Waals surface area contributed by atoms with Crippen LogP contribution in [-0.2, 0) is 9.53 Å². The lowest BCUT2D eigenvalue weighted by Crippen LogP contribution is -2.41. The maximum atomic E-state index is 13.2. The predicted molar refractivity (Wildman–Crippen MR) is 129 cm³/mol. The molecule has 0 saturated heterocycles. The summed E-state index contributed by atoms with van der Waals surface area (Å²) in [5.74, 6) is 2.25. The summed E-state index contributed by atoms with van der Waals surface area (Å²) < 4.78 is 11.5. The number of hydrogen-bond donors (Lipinski definition) is 0. The van der Waals surface area contributed by atoms with Crippen molar-refractivity contribution in [2.45, 2.75) is 52.3 Å². The Labute approximate surface area is 192 Å². The topological polar surface area (TPSA) is 42.0 Å². The molecule has 172 valence electrons. The number of carbonyl (C=O) groups is 1. The first-order valence-corrected chi connectivity index (χ1v) is 11.8. The zero-order valence-corrected chi connectivity index (χ0v) is 20.0. The molecule has 0 bridgehead atoms. The molecule has 0 spiro atoms. The molecular formula is C27H36N2O3. The maximum Gasteiger partial charge on any atom is 0.325 e. The van der Waals surface area contributed by atoms with E-state index in [9.17, 15) is 4.79 Å². The quantitative estimate of drug-likeness (QED) is 0.547. The van der Waals surface area contributed by atoms with Gasteiger partial charge < -0.3 is 19.3 Å². The zero-order valence-electron chi connectivity index (χ0n) is 20.0. The Bertz CT molecular complexity index is 927. The van der Waals surface area contributed by atoms with Gasteiger partial charge in [-0.25, -0.2) is 0 Å². The first-order chi connectivity index (χ1) is 15.4. The second-order valence-corrected chi connectivity index (χ2v) is 9.73.